The highest BCUT2D eigenvalue weighted by atomic mass is 16.3. The quantitative estimate of drug-likeness (QED) is 0.657. The van der Waals surface area contributed by atoms with Gasteiger partial charge in [0.15, 0.2) is 0 Å². The minimum absolute atomic E-state index is 0.0237. The summed E-state index contributed by atoms with van der Waals surface area (Å²) in [6.07, 6.45) is 6.95. The largest absolute Gasteiger partial charge is 0.374 e. The van der Waals surface area contributed by atoms with Crippen molar-refractivity contribution in [3.8, 4) is 0 Å². The minimum atomic E-state index is -0.608. The van der Waals surface area contributed by atoms with Crippen LogP contribution < -0.4 is 15.5 Å². The van der Waals surface area contributed by atoms with Gasteiger partial charge in [-0.15, -0.1) is 0 Å². The first-order valence-electron chi connectivity index (χ1n) is 9.86. The number of rotatable bonds is 6. The number of nitrogens with zero attached hydrogens (tertiary/aromatic N) is 4. The van der Waals surface area contributed by atoms with E-state index in [0.717, 1.165) is 17.2 Å². The first-order chi connectivity index (χ1) is 14.0. The van der Waals surface area contributed by atoms with Crippen LogP contribution in [0.5, 0.6) is 0 Å². The summed E-state index contributed by atoms with van der Waals surface area (Å²) >= 11 is 0. The number of anilines is 2. The molecule has 7 nitrogen and oxygen atoms in total. The molecule has 0 amide bonds. The molecule has 150 valence electrons. The van der Waals surface area contributed by atoms with Crippen LogP contribution in [0.15, 0.2) is 71.1 Å². The summed E-state index contributed by atoms with van der Waals surface area (Å²) in [5.41, 5.74) is 3.14. The lowest BCUT2D eigenvalue weighted by Crippen LogP contribution is -2.42. The van der Waals surface area contributed by atoms with Crippen LogP contribution in [0.4, 0.5) is 11.8 Å². The van der Waals surface area contributed by atoms with Crippen molar-refractivity contribution in [1.29, 1.82) is 0 Å². The van der Waals surface area contributed by atoms with Gasteiger partial charge in [-0.3, -0.25) is 0 Å². The zero-order valence-electron chi connectivity index (χ0n) is 16.8. The van der Waals surface area contributed by atoms with Gasteiger partial charge in [0.1, 0.15) is 12.0 Å². The smallest absolute Gasteiger partial charge is 0.225 e. The van der Waals surface area contributed by atoms with Gasteiger partial charge in [-0.2, -0.15) is 4.98 Å². The zero-order chi connectivity index (χ0) is 20.4. The average Bonchev–Trinajstić information content (AvgIpc) is 3.16. The molecule has 2 aliphatic rings. The minimum Gasteiger partial charge on any atom is -0.374 e. The van der Waals surface area contributed by atoms with Gasteiger partial charge >= 0.3 is 0 Å². The van der Waals surface area contributed by atoms with Gasteiger partial charge in [0, 0.05) is 17.8 Å². The summed E-state index contributed by atoms with van der Waals surface area (Å²) in [4.78, 5) is 15.7. The number of aliphatic hydroxyl groups is 1. The molecule has 4 atom stereocenters. The number of fused-ring (bicyclic) bond motifs is 1. The SMILES string of the molecule is CC(O)NC1=CC=C2N=CN(c3ccnc(N[C@@H](C)c4ccccc4)n3)C2C1C. The van der Waals surface area contributed by atoms with E-state index in [1.54, 1.807) is 13.1 Å². The fraction of sp³-hybridized carbons (Fsp3) is 0.318. The maximum atomic E-state index is 9.71. The monoisotopic (exact) mass is 390 g/mol. The van der Waals surface area contributed by atoms with Crippen molar-refractivity contribution in [2.24, 2.45) is 10.9 Å². The second kappa shape index (κ2) is 8.05. The molecule has 0 saturated carbocycles. The van der Waals surface area contributed by atoms with E-state index >= 15 is 0 Å². The molecule has 1 aromatic carbocycles. The summed E-state index contributed by atoms with van der Waals surface area (Å²) < 4.78 is 0. The first-order valence-corrected chi connectivity index (χ1v) is 9.86. The third-order valence-electron chi connectivity index (χ3n) is 5.26. The zero-order valence-corrected chi connectivity index (χ0v) is 16.8. The molecule has 0 fully saturated rings. The van der Waals surface area contributed by atoms with Gasteiger partial charge in [-0.1, -0.05) is 37.3 Å². The van der Waals surface area contributed by atoms with E-state index in [9.17, 15) is 5.11 Å². The Bertz CT molecular complexity index is 953. The van der Waals surface area contributed by atoms with Crippen molar-refractivity contribution in [3.63, 3.8) is 0 Å². The second-order valence-electron chi connectivity index (χ2n) is 7.43. The van der Waals surface area contributed by atoms with Crippen LogP contribution in [0.25, 0.3) is 0 Å². The van der Waals surface area contributed by atoms with Gasteiger partial charge in [0.05, 0.1) is 24.1 Å². The Labute approximate surface area is 170 Å². The Morgan fingerprint density at radius 1 is 1.07 bits per heavy atom. The van der Waals surface area contributed by atoms with Gasteiger partial charge in [0.25, 0.3) is 0 Å². The highest BCUT2D eigenvalue weighted by Crippen LogP contribution is 2.34. The Kier molecular flexibility index (Phi) is 5.31. The van der Waals surface area contributed by atoms with Crippen molar-refractivity contribution >= 4 is 18.1 Å². The summed E-state index contributed by atoms with van der Waals surface area (Å²) in [5.74, 6) is 1.48. The Morgan fingerprint density at radius 2 is 1.86 bits per heavy atom. The summed E-state index contributed by atoms with van der Waals surface area (Å²) in [7, 11) is 0. The van der Waals surface area contributed by atoms with E-state index in [2.05, 4.69) is 51.5 Å². The summed E-state index contributed by atoms with van der Waals surface area (Å²) in [5, 5.41) is 16.2. The van der Waals surface area contributed by atoms with Crippen LogP contribution >= 0.6 is 0 Å². The Morgan fingerprint density at radius 3 is 2.62 bits per heavy atom. The van der Waals surface area contributed by atoms with E-state index < -0.39 is 6.23 Å². The lowest BCUT2D eigenvalue weighted by molar-refractivity contribution is 0.164. The predicted octanol–water partition coefficient (Wildman–Crippen LogP) is 3.21. The van der Waals surface area contributed by atoms with Gasteiger partial charge in [-0.25, -0.2) is 9.98 Å². The molecule has 3 N–H and O–H groups in total. The third-order valence-corrected chi connectivity index (χ3v) is 5.26. The van der Waals surface area contributed by atoms with E-state index in [1.165, 1.54) is 5.56 Å². The average molecular weight is 390 g/mol. The number of aromatic nitrogens is 2. The molecule has 0 spiro atoms. The van der Waals surface area contributed by atoms with Crippen LogP contribution in [0.2, 0.25) is 0 Å². The van der Waals surface area contributed by atoms with E-state index in [0.29, 0.717) is 5.95 Å². The van der Waals surface area contributed by atoms with Gasteiger partial charge < -0.3 is 20.6 Å². The number of allylic oxidation sites excluding steroid dienone is 2. The molecule has 0 saturated heterocycles. The van der Waals surface area contributed by atoms with E-state index in [-0.39, 0.29) is 18.0 Å². The van der Waals surface area contributed by atoms with Crippen molar-refractivity contribution in [2.45, 2.75) is 39.1 Å². The molecule has 2 heterocycles. The summed E-state index contributed by atoms with van der Waals surface area (Å²) in [6.45, 7) is 5.93. The Hall–Kier alpha value is -3.19. The molecule has 2 aromatic rings. The molecular formula is C22H26N6O. The molecule has 7 heteroatoms. The molecular weight excluding hydrogens is 364 g/mol. The predicted molar refractivity (Wildman–Crippen MR) is 115 cm³/mol. The lowest BCUT2D eigenvalue weighted by atomic mass is 9.90. The van der Waals surface area contributed by atoms with Crippen LogP contribution in [0, 0.1) is 5.92 Å². The van der Waals surface area contributed by atoms with E-state index in [1.807, 2.05) is 42.8 Å². The Balaban J connectivity index is 1.54. The molecule has 0 radical (unpaired) electrons. The molecule has 1 aliphatic carbocycles. The maximum Gasteiger partial charge on any atom is 0.225 e. The van der Waals surface area contributed by atoms with Crippen LogP contribution in [0.1, 0.15) is 32.4 Å². The summed E-state index contributed by atoms with van der Waals surface area (Å²) in [6, 6.07) is 12.2. The fourth-order valence-electron chi connectivity index (χ4n) is 3.76. The number of nitrogens with one attached hydrogen (secondary N) is 2. The maximum absolute atomic E-state index is 9.71. The molecule has 3 unspecified atom stereocenters. The highest BCUT2D eigenvalue weighted by molar-refractivity contribution is 5.84. The molecule has 29 heavy (non-hydrogen) atoms. The van der Waals surface area contributed by atoms with Crippen LogP contribution in [0.3, 0.4) is 0 Å². The molecule has 4 rings (SSSR count). The molecule has 0 bridgehead atoms. The van der Waals surface area contributed by atoms with Crippen molar-refractivity contribution in [1.82, 2.24) is 15.3 Å². The normalized spacial score (nSPS) is 22.4. The topological polar surface area (TPSA) is 85.7 Å². The first kappa shape index (κ1) is 19.1. The second-order valence-corrected chi connectivity index (χ2v) is 7.43. The number of benzene rings is 1. The van der Waals surface area contributed by atoms with Gasteiger partial charge in [-0.05, 0) is 37.6 Å². The standard InChI is InChI=1S/C22H26N6O/c1-14-18(26-16(3)29)9-10-19-21(14)28(13-24-19)20-11-12-23-22(27-20)25-15(2)17-7-5-4-6-8-17/h4-16,21,26,29H,1-3H3,(H,23,25,27)/t14?,15-,16?,21?/m0/s1. The lowest BCUT2D eigenvalue weighted by Gasteiger charge is -2.33. The number of hydrogen-bond donors (Lipinski definition) is 3. The van der Waals surface area contributed by atoms with Crippen molar-refractivity contribution in [3.05, 3.63) is 71.7 Å². The third kappa shape index (κ3) is 4.00. The van der Waals surface area contributed by atoms with Crippen LogP contribution in [-0.2, 0) is 0 Å². The highest BCUT2D eigenvalue weighted by Gasteiger charge is 2.36. The van der Waals surface area contributed by atoms with Crippen molar-refractivity contribution in [2.75, 3.05) is 10.2 Å². The van der Waals surface area contributed by atoms with Crippen molar-refractivity contribution < 1.29 is 5.11 Å². The number of aliphatic hydroxyl groups excluding tert-OH is 1. The van der Waals surface area contributed by atoms with Gasteiger partial charge in [0.2, 0.25) is 5.95 Å². The number of hydrogen-bond acceptors (Lipinski definition) is 7. The molecule has 1 aliphatic heterocycles. The number of aliphatic imine (C=N–C) groups is 1. The van der Waals surface area contributed by atoms with E-state index in [4.69, 9.17) is 4.98 Å². The fourth-order valence-corrected chi connectivity index (χ4v) is 3.76. The van der Waals surface area contributed by atoms with Crippen LogP contribution in [-0.4, -0.2) is 33.7 Å². The molecule has 1 aromatic heterocycles.